The number of nitrogens with one attached hydrogen (secondary N) is 1. The molecule has 19 heavy (non-hydrogen) atoms. The van der Waals surface area contributed by atoms with Crippen LogP contribution in [0.5, 0.6) is 0 Å². The van der Waals surface area contributed by atoms with E-state index in [2.05, 4.69) is 24.2 Å². The van der Waals surface area contributed by atoms with E-state index in [4.69, 9.17) is 5.84 Å². The summed E-state index contributed by atoms with van der Waals surface area (Å²) >= 11 is 0. The Morgan fingerprint density at radius 3 is 2.16 bits per heavy atom. The van der Waals surface area contributed by atoms with Gasteiger partial charge in [0, 0.05) is 17.8 Å². The third-order valence-corrected chi connectivity index (χ3v) is 5.56. The first kappa shape index (κ1) is 16.9. The third kappa shape index (κ3) is 4.15. The van der Waals surface area contributed by atoms with Gasteiger partial charge >= 0.3 is 0 Å². The van der Waals surface area contributed by atoms with Gasteiger partial charge in [-0.3, -0.25) is 16.2 Å². The average molecular weight is 291 g/mol. The molecular formula is C13H29N3O2S. The fraction of sp³-hybridized carbons (Fsp3) is 1.00. The van der Waals surface area contributed by atoms with Crippen LogP contribution in [0.15, 0.2) is 0 Å². The smallest absolute Gasteiger partial charge is 0.147 e. The number of likely N-dealkylation sites (tertiary alicyclic amines) is 1. The molecule has 0 aromatic heterocycles. The van der Waals surface area contributed by atoms with E-state index < -0.39 is 9.84 Å². The number of sulfone groups is 1. The van der Waals surface area contributed by atoms with E-state index in [0.717, 1.165) is 25.9 Å². The molecule has 6 heteroatoms. The molecule has 0 aliphatic carbocycles. The summed E-state index contributed by atoms with van der Waals surface area (Å²) < 4.78 is 22.8. The lowest BCUT2D eigenvalue weighted by molar-refractivity contribution is 0.0608. The summed E-state index contributed by atoms with van der Waals surface area (Å²) in [5.74, 6) is 5.93. The monoisotopic (exact) mass is 291 g/mol. The lowest BCUT2D eigenvalue weighted by Gasteiger charge is -2.46. The van der Waals surface area contributed by atoms with Crippen LogP contribution in [0, 0.1) is 0 Å². The predicted molar refractivity (Wildman–Crippen MR) is 79.6 cm³/mol. The minimum Gasteiger partial charge on any atom is -0.296 e. The van der Waals surface area contributed by atoms with Gasteiger partial charge < -0.3 is 0 Å². The first-order chi connectivity index (χ1) is 8.89. The van der Waals surface area contributed by atoms with Gasteiger partial charge in [0.1, 0.15) is 9.84 Å². The number of hydrogen-bond acceptors (Lipinski definition) is 5. The summed E-state index contributed by atoms with van der Waals surface area (Å²) in [6.07, 6.45) is 6.30. The van der Waals surface area contributed by atoms with E-state index in [1.165, 1.54) is 19.1 Å². The second-order valence-corrected chi connectivity index (χ2v) is 7.90. The summed E-state index contributed by atoms with van der Waals surface area (Å²) in [5, 5.41) is 0. The minimum atomic E-state index is -2.94. The van der Waals surface area contributed by atoms with Gasteiger partial charge in [-0.25, -0.2) is 8.42 Å². The van der Waals surface area contributed by atoms with E-state index in [-0.39, 0.29) is 17.3 Å². The lowest BCUT2D eigenvalue weighted by Crippen LogP contribution is -2.62. The lowest BCUT2D eigenvalue weighted by atomic mass is 9.81. The largest absolute Gasteiger partial charge is 0.296 e. The van der Waals surface area contributed by atoms with E-state index >= 15 is 0 Å². The molecule has 5 nitrogen and oxygen atoms in total. The van der Waals surface area contributed by atoms with Crippen molar-refractivity contribution >= 4 is 9.84 Å². The van der Waals surface area contributed by atoms with Crippen molar-refractivity contribution in [2.75, 3.05) is 25.1 Å². The maximum atomic E-state index is 11.4. The van der Waals surface area contributed by atoms with Crippen molar-refractivity contribution < 1.29 is 8.42 Å². The molecule has 0 amide bonds. The van der Waals surface area contributed by atoms with Crippen molar-refractivity contribution in [1.82, 2.24) is 10.3 Å². The van der Waals surface area contributed by atoms with Crippen LogP contribution in [0.3, 0.4) is 0 Å². The Bertz CT molecular complexity index is 360. The second kappa shape index (κ2) is 7.02. The molecule has 114 valence electrons. The van der Waals surface area contributed by atoms with Gasteiger partial charge in [0.15, 0.2) is 0 Å². The van der Waals surface area contributed by atoms with Crippen LogP contribution in [0.1, 0.15) is 46.0 Å². The van der Waals surface area contributed by atoms with Crippen molar-refractivity contribution in [2.45, 2.75) is 57.5 Å². The molecule has 0 aromatic carbocycles. The SMILES string of the molecule is CCC(CC)(C(CCS(C)(=O)=O)NN)N1CCCC1. The molecule has 1 heterocycles. The molecule has 1 unspecified atom stereocenters. The third-order valence-electron chi connectivity index (χ3n) is 4.59. The highest BCUT2D eigenvalue weighted by atomic mass is 32.2. The molecule has 1 fully saturated rings. The van der Waals surface area contributed by atoms with Gasteiger partial charge in [0.25, 0.3) is 0 Å². The predicted octanol–water partition coefficient (Wildman–Crippen LogP) is 0.908. The summed E-state index contributed by atoms with van der Waals surface area (Å²) in [6.45, 7) is 6.54. The molecule has 0 spiro atoms. The molecule has 0 bridgehead atoms. The number of hydrogen-bond donors (Lipinski definition) is 2. The highest BCUT2D eigenvalue weighted by Crippen LogP contribution is 2.32. The van der Waals surface area contributed by atoms with Crippen molar-refractivity contribution in [2.24, 2.45) is 5.84 Å². The van der Waals surface area contributed by atoms with Gasteiger partial charge in [-0.05, 0) is 45.2 Å². The molecule has 1 rings (SSSR count). The normalized spacial score (nSPS) is 19.8. The summed E-state index contributed by atoms with van der Waals surface area (Å²) in [6, 6.07) is 0.0234. The summed E-state index contributed by atoms with van der Waals surface area (Å²) in [7, 11) is -2.94. The van der Waals surface area contributed by atoms with Crippen molar-refractivity contribution in [3.8, 4) is 0 Å². The fourth-order valence-electron chi connectivity index (χ4n) is 3.41. The van der Waals surface area contributed by atoms with Crippen LogP contribution < -0.4 is 11.3 Å². The molecule has 0 aromatic rings. The Morgan fingerprint density at radius 1 is 1.26 bits per heavy atom. The molecular weight excluding hydrogens is 262 g/mol. The molecule has 1 aliphatic heterocycles. The maximum Gasteiger partial charge on any atom is 0.147 e. The Hall–Kier alpha value is -0.170. The molecule has 3 N–H and O–H groups in total. The minimum absolute atomic E-state index is 0.0179. The molecule has 1 saturated heterocycles. The Kier molecular flexibility index (Phi) is 6.23. The molecule has 0 radical (unpaired) electrons. The topological polar surface area (TPSA) is 75.4 Å². The van der Waals surface area contributed by atoms with E-state index in [9.17, 15) is 8.42 Å². The first-order valence-corrected chi connectivity index (χ1v) is 9.34. The van der Waals surface area contributed by atoms with Gasteiger partial charge in [0.05, 0.1) is 5.75 Å². The van der Waals surface area contributed by atoms with Gasteiger partial charge in [-0.2, -0.15) is 0 Å². The van der Waals surface area contributed by atoms with E-state index in [0.29, 0.717) is 6.42 Å². The summed E-state index contributed by atoms with van der Waals surface area (Å²) in [5.41, 5.74) is 2.87. The zero-order valence-corrected chi connectivity index (χ0v) is 13.3. The quantitative estimate of drug-likeness (QED) is 0.513. The number of nitrogens with two attached hydrogens (primary N) is 1. The number of nitrogens with zero attached hydrogens (tertiary/aromatic N) is 1. The number of rotatable bonds is 8. The molecule has 0 saturated carbocycles. The molecule has 1 aliphatic rings. The van der Waals surface area contributed by atoms with Crippen molar-refractivity contribution in [3.05, 3.63) is 0 Å². The fourth-order valence-corrected chi connectivity index (χ4v) is 4.08. The van der Waals surface area contributed by atoms with Crippen LogP contribution >= 0.6 is 0 Å². The summed E-state index contributed by atoms with van der Waals surface area (Å²) in [4.78, 5) is 2.50. The maximum absolute atomic E-state index is 11.4. The Balaban J connectivity index is 2.86. The second-order valence-electron chi connectivity index (χ2n) is 5.64. The van der Waals surface area contributed by atoms with Crippen molar-refractivity contribution in [1.29, 1.82) is 0 Å². The standard InChI is InChI=1S/C13H29N3O2S/c1-4-13(5-2,16-9-6-7-10-16)12(15-14)8-11-19(3,17)18/h12,15H,4-11,14H2,1-3H3. The van der Waals surface area contributed by atoms with Crippen LogP contribution in [-0.2, 0) is 9.84 Å². The van der Waals surface area contributed by atoms with Gasteiger partial charge in [-0.1, -0.05) is 13.8 Å². The van der Waals surface area contributed by atoms with Gasteiger partial charge in [0.2, 0.25) is 0 Å². The van der Waals surface area contributed by atoms with Crippen molar-refractivity contribution in [3.63, 3.8) is 0 Å². The first-order valence-electron chi connectivity index (χ1n) is 7.28. The Labute approximate surface area is 117 Å². The molecule has 1 atom stereocenters. The van der Waals surface area contributed by atoms with Crippen LogP contribution in [-0.4, -0.2) is 50.0 Å². The number of hydrazine groups is 1. The van der Waals surface area contributed by atoms with Gasteiger partial charge in [-0.15, -0.1) is 0 Å². The van der Waals surface area contributed by atoms with Crippen LogP contribution in [0.2, 0.25) is 0 Å². The van der Waals surface area contributed by atoms with Crippen LogP contribution in [0.25, 0.3) is 0 Å². The highest BCUT2D eigenvalue weighted by Gasteiger charge is 2.41. The van der Waals surface area contributed by atoms with Crippen LogP contribution in [0.4, 0.5) is 0 Å². The Morgan fingerprint density at radius 2 is 1.79 bits per heavy atom. The zero-order chi connectivity index (χ0) is 14.5. The van der Waals surface area contributed by atoms with E-state index in [1.54, 1.807) is 0 Å². The highest BCUT2D eigenvalue weighted by molar-refractivity contribution is 7.90. The average Bonchev–Trinajstić information content (AvgIpc) is 2.88. The van der Waals surface area contributed by atoms with E-state index in [1.807, 2.05) is 0 Å². The zero-order valence-electron chi connectivity index (χ0n) is 12.5.